The molecule has 1 saturated heterocycles. The maximum atomic E-state index is 12.2. The lowest BCUT2D eigenvalue weighted by Gasteiger charge is -2.06. The number of ether oxygens (including phenoxy) is 1. The number of carbonyl (C=O) groups excluding carboxylic acids is 1. The first-order valence-corrected chi connectivity index (χ1v) is 10.0. The largest absolute Gasteiger partial charge is 0.493 e. The average Bonchev–Trinajstić information content (AvgIpc) is 2.94. The number of hydrogen-bond donors (Lipinski definition) is 1. The van der Waals surface area contributed by atoms with Gasteiger partial charge in [-0.25, -0.2) is 4.99 Å². The zero-order valence-corrected chi connectivity index (χ0v) is 17.5. The molecule has 0 aliphatic carbocycles. The molecule has 0 unspecified atom stereocenters. The highest BCUT2D eigenvalue weighted by atomic mass is 79.9. The molecule has 1 aliphatic heterocycles. The van der Waals surface area contributed by atoms with E-state index >= 15 is 0 Å². The van der Waals surface area contributed by atoms with Gasteiger partial charge in [0.05, 0.1) is 31.7 Å². The highest BCUT2D eigenvalue weighted by Crippen LogP contribution is 2.35. The minimum Gasteiger partial charge on any atom is -0.493 e. The van der Waals surface area contributed by atoms with Crippen LogP contribution in [0.2, 0.25) is 10.0 Å². The van der Waals surface area contributed by atoms with Crippen LogP contribution in [0.1, 0.15) is 12.5 Å². The lowest BCUT2D eigenvalue weighted by Crippen LogP contribution is -2.19. The third-order valence-electron chi connectivity index (χ3n) is 3.36. The SMILES string of the molecule is CCOc1ccc(C=C2SC(=Nc3cccc(Cl)c3Cl)NC2=O)cc1Br. The van der Waals surface area contributed by atoms with Crippen LogP contribution in [0.25, 0.3) is 6.08 Å². The molecule has 2 aromatic carbocycles. The third kappa shape index (κ3) is 4.43. The fourth-order valence-corrected chi connectivity index (χ4v) is 3.88. The van der Waals surface area contributed by atoms with E-state index in [9.17, 15) is 4.79 Å². The molecular weight excluding hydrogens is 459 g/mol. The van der Waals surface area contributed by atoms with Gasteiger partial charge in [0.1, 0.15) is 5.75 Å². The minimum absolute atomic E-state index is 0.211. The number of rotatable bonds is 4. The van der Waals surface area contributed by atoms with Gasteiger partial charge in [-0.2, -0.15) is 0 Å². The first-order valence-electron chi connectivity index (χ1n) is 7.64. The van der Waals surface area contributed by atoms with Crippen molar-refractivity contribution in [3.63, 3.8) is 0 Å². The summed E-state index contributed by atoms with van der Waals surface area (Å²) in [5.41, 5.74) is 1.38. The van der Waals surface area contributed by atoms with Crippen LogP contribution < -0.4 is 10.1 Å². The highest BCUT2D eigenvalue weighted by Gasteiger charge is 2.24. The molecule has 26 heavy (non-hydrogen) atoms. The van der Waals surface area contributed by atoms with Crippen molar-refractivity contribution in [1.82, 2.24) is 5.32 Å². The molecule has 4 nitrogen and oxygen atoms in total. The van der Waals surface area contributed by atoms with Crippen molar-refractivity contribution in [2.24, 2.45) is 4.99 Å². The summed E-state index contributed by atoms with van der Waals surface area (Å²) in [6.07, 6.45) is 1.79. The Morgan fingerprint density at radius 2 is 2.12 bits per heavy atom. The van der Waals surface area contributed by atoms with E-state index in [4.69, 9.17) is 27.9 Å². The number of amidine groups is 1. The number of hydrogen-bond acceptors (Lipinski definition) is 4. The number of amides is 1. The van der Waals surface area contributed by atoms with Gasteiger partial charge in [0, 0.05) is 0 Å². The Bertz CT molecular complexity index is 931. The molecule has 1 fully saturated rings. The van der Waals surface area contributed by atoms with Crippen LogP contribution in [0.4, 0.5) is 5.69 Å². The van der Waals surface area contributed by atoms with Gasteiger partial charge in [0.2, 0.25) is 0 Å². The Morgan fingerprint density at radius 1 is 1.31 bits per heavy atom. The summed E-state index contributed by atoms with van der Waals surface area (Å²) >= 11 is 16.8. The predicted octanol–water partition coefficient (Wildman–Crippen LogP) is 6.05. The number of nitrogens with one attached hydrogen (secondary N) is 1. The molecule has 8 heteroatoms. The Kier molecular flexibility index (Phi) is 6.29. The van der Waals surface area contributed by atoms with Crippen LogP contribution in [0.15, 0.2) is 50.8 Å². The Hall–Kier alpha value is -1.47. The number of thioether (sulfide) groups is 1. The molecule has 0 aromatic heterocycles. The molecule has 2 aromatic rings. The molecule has 0 bridgehead atoms. The van der Waals surface area contributed by atoms with Crippen LogP contribution >= 0.6 is 50.9 Å². The molecule has 0 saturated carbocycles. The molecular formula is C18H13BrCl2N2O2S. The van der Waals surface area contributed by atoms with E-state index in [-0.39, 0.29) is 5.91 Å². The maximum absolute atomic E-state index is 12.2. The number of benzene rings is 2. The van der Waals surface area contributed by atoms with Crippen molar-refractivity contribution >= 4 is 73.7 Å². The summed E-state index contributed by atoms with van der Waals surface area (Å²) < 4.78 is 6.32. The number of aliphatic imine (C=N–C) groups is 1. The summed E-state index contributed by atoms with van der Waals surface area (Å²) in [5.74, 6) is 0.549. The predicted molar refractivity (Wildman–Crippen MR) is 113 cm³/mol. The normalized spacial score (nSPS) is 17.0. The van der Waals surface area contributed by atoms with Crippen molar-refractivity contribution in [1.29, 1.82) is 0 Å². The van der Waals surface area contributed by atoms with Crippen molar-refractivity contribution in [3.8, 4) is 5.75 Å². The average molecular weight is 472 g/mol. The molecule has 1 heterocycles. The van der Waals surface area contributed by atoms with Crippen molar-refractivity contribution < 1.29 is 9.53 Å². The van der Waals surface area contributed by atoms with E-state index < -0.39 is 0 Å². The monoisotopic (exact) mass is 470 g/mol. The quantitative estimate of drug-likeness (QED) is 0.552. The van der Waals surface area contributed by atoms with Gasteiger partial charge in [-0.05, 0) is 70.5 Å². The highest BCUT2D eigenvalue weighted by molar-refractivity contribution is 9.10. The number of carbonyl (C=O) groups is 1. The molecule has 134 valence electrons. The van der Waals surface area contributed by atoms with E-state index in [1.807, 2.05) is 25.1 Å². The van der Waals surface area contributed by atoms with E-state index in [2.05, 4.69) is 26.2 Å². The second-order valence-corrected chi connectivity index (χ2v) is 7.85. The van der Waals surface area contributed by atoms with Crippen molar-refractivity contribution in [3.05, 3.63) is 61.4 Å². The van der Waals surface area contributed by atoms with E-state index in [1.54, 1.807) is 24.3 Å². The number of nitrogens with zero attached hydrogens (tertiary/aromatic N) is 1. The smallest absolute Gasteiger partial charge is 0.264 e. The van der Waals surface area contributed by atoms with Gasteiger partial charge in [-0.1, -0.05) is 35.3 Å². The molecule has 0 radical (unpaired) electrons. The van der Waals surface area contributed by atoms with Crippen LogP contribution in [0.3, 0.4) is 0 Å². The summed E-state index contributed by atoms with van der Waals surface area (Å²) in [6.45, 7) is 2.51. The standard InChI is InChI=1S/C18H13BrCl2N2O2S/c1-2-25-14-7-6-10(8-11(14)19)9-15-17(24)23-18(26-15)22-13-5-3-4-12(20)16(13)21/h3-9H,2H2,1H3,(H,22,23,24). The summed E-state index contributed by atoms with van der Waals surface area (Å²) in [5, 5.41) is 3.95. The number of halogens is 3. The summed E-state index contributed by atoms with van der Waals surface area (Å²) in [6, 6.07) is 10.8. The Balaban J connectivity index is 1.83. The molecule has 1 N–H and O–H groups in total. The molecule has 3 rings (SSSR count). The zero-order valence-electron chi connectivity index (χ0n) is 13.6. The molecule has 0 spiro atoms. The molecule has 1 aliphatic rings. The van der Waals surface area contributed by atoms with Crippen LogP contribution in [-0.2, 0) is 4.79 Å². The van der Waals surface area contributed by atoms with Crippen molar-refractivity contribution in [2.45, 2.75) is 6.92 Å². The fraction of sp³-hybridized carbons (Fsp3) is 0.111. The van der Waals surface area contributed by atoms with Crippen molar-refractivity contribution in [2.75, 3.05) is 6.61 Å². The van der Waals surface area contributed by atoms with E-state index in [0.29, 0.717) is 32.4 Å². The Morgan fingerprint density at radius 3 is 2.85 bits per heavy atom. The molecule has 1 amide bonds. The minimum atomic E-state index is -0.211. The van der Waals surface area contributed by atoms with Crippen LogP contribution in [0.5, 0.6) is 5.75 Å². The second kappa shape index (κ2) is 8.48. The maximum Gasteiger partial charge on any atom is 0.264 e. The van der Waals surface area contributed by atoms with Gasteiger partial charge in [-0.15, -0.1) is 0 Å². The van der Waals surface area contributed by atoms with E-state index in [0.717, 1.165) is 15.8 Å². The lowest BCUT2D eigenvalue weighted by atomic mass is 10.2. The Labute approximate surface area is 173 Å². The first kappa shape index (κ1) is 19.3. The van der Waals surface area contributed by atoms with Gasteiger partial charge in [0.25, 0.3) is 5.91 Å². The van der Waals surface area contributed by atoms with Gasteiger partial charge >= 0.3 is 0 Å². The van der Waals surface area contributed by atoms with Crippen LogP contribution in [-0.4, -0.2) is 17.7 Å². The zero-order chi connectivity index (χ0) is 18.7. The van der Waals surface area contributed by atoms with E-state index in [1.165, 1.54) is 11.8 Å². The topological polar surface area (TPSA) is 50.7 Å². The van der Waals surface area contributed by atoms with Gasteiger partial charge < -0.3 is 10.1 Å². The summed E-state index contributed by atoms with van der Waals surface area (Å²) in [4.78, 5) is 17.1. The third-order valence-corrected chi connectivity index (χ3v) is 5.70. The van der Waals surface area contributed by atoms with Gasteiger partial charge in [0.15, 0.2) is 5.17 Å². The van der Waals surface area contributed by atoms with Crippen LogP contribution in [0, 0.1) is 0 Å². The summed E-state index contributed by atoms with van der Waals surface area (Å²) in [7, 11) is 0. The first-order chi connectivity index (χ1) is 12.5. The fourth-order valence-electron chi connectivity index (χ4n) is 2.20. The van der Waals surface area contributed by atoms with Gasteiger partial charge in [-0.3, -0.25) is 4.79 Å². The molecule has 0 atom stereocenters. The second-order valence-electron chi connectivity index (χ2n) is 5.18. The lowest BCUT2D eigenvalue weighted by molar-refractivity contribution is -0.115.